The van der Waals surface area contributed by atoms with E-state index in [1.807, 2.05) is 24.1 Å². The molecule has 26 heavy (non-hydrogen) atoms. The molecule has 2 aromatic rings. The smallest absolute Gasteiger partial charge is 0.239 e. The van der Waals surface area contributed by atoms with E-state index in [0.29, 0.717) is 10.9 Å². The van der Waals surface area contributed by atoms with Gasteiger partial charge < -0.3 is 10.2 Å². The van der Waals surface area contributed by atoms with Crippen LogP contribution in [-0.4, -0.2) is 48.5 Å². The van der Waals surface area contributed by atoms with E-state index in [2.05, 4.69) is 34.7 Å². The number of carbonyl (C=O) groups is 1. The van der Waals surface area contributed by atoms with Crippen molar-refractivity contribution >= 4 is 28.4 Å². The molecule has 1 aromatic carbocycles. The number of rotatable bonds is 3. The Hall–Kier alpha value is -1.69. The fourth-order valence-electron chi connectivity index (χ4n) is 4.51. The molecule has 1 amide bonds. The SMILES string of the molecule is C[C@@H]1CNC[C@](N[C@H]2CCN(C)C2=O)(c2ccc(Cl)c3ncccc23)C1. The van der Waals surface area contributed by atoms with Crippen molar-refractivity contribution in [3.63, 3.8) is 0 Å². The first-order chi connectivity index (χ1) is 12.5. The zero-order chi connectivity index (χ0) is 18.3. The average molecular weight is 373 g/mol. The molecular weight excluding hydrogens is 348 g/mol. The minimum absolute atomic E-state index is 0.144. The number of pyridine rings is 1. The number of carbonyl (C=O) groups excluding carboxylic acids is 1. The van der Waals surface area contributed by atoms with Crippen LogP contribution in [0.2, 0.25) is 5.02 Å². The molecule has 0 unspecified atom stereocenters. The van der Waals surface area contributed by atoms with E-state index in [1.54, 1.807) is 6.20 Å². The van der Waals surface area contributed by atoms with Crippen LogP contribution in [-0.2, 0) is 10.3 Å². The van der Waals surface area contributed by atoms with Crippen molar-refractivity contribution in [2.45, 2.75) is 31.3 Å². The number of hydrogen-bond donors (Lipinski definition) is 2. The highest BCUT2D eigenvalue weighted by atomic mass is 35.5. The van der Waals surface area contributed by atoms with Gasteiger partial charge in [0, 0.05) is 31.7 Å². The number of amides is 1. The van der Waals surface area contributed by atoms with Gasteiger partial charge in [-0.3, -0.25) is 15.1 Å². The van der Waals surface area contributed by atoms with Gasteiger partial charge >= 0.3 is 0 Å². The van der Waals surface area contributed by atoms with Crippen molar-refractivity contribution in [2.24, 2.45) is 5.92 Å². The second kappa shape index (κ2) is 6.80. The van der Waals surface area contributed by atoms with E-state index in [1.165, 1.54) is 5.56 Å². The normalized spacial score (nSPS) is 29.5. The lowest BCUT2D eigenvalue weighted by atomic mass is 9.77. The van der Waals surface area contributed by atoms with Gasteiger partial charge in [0.1, 0.15) is 0 Å². The first-order valence-corrected chi connectivity index (χ1v) is 9.65. The van der Waals surface area contributed by atoms with Gasteiger partial charge in [-0.1, -0.05) is 30.7 Å². The summed E-state index contributed by atoms with van der Waals surface area (Å²) in [5.41, 5.74) is 1.68. The van der Waals surface area contributed by atoms with Crippen LogP contribution in [0.15, 0.2) is 30.5 Å². The molecule has 0 spiro atoms. The summed E-state index contributed by atoms with van der Waals surface area (Å²) in [6, 6.07) is 7.91. The molecule has 0 saturated carbocycles. The molecule has 2 aliphatic heterocycles. The summed E-state index contributed by atoms with van der Waals surface area (Å²) < 4.78 is 0. The van der Waals surface area contributed by atoms with Gasteiger partial charge in [0.2, 0.25) is 5.91 Å². The Balaban J connectivity index is 1.82. The maximum absolute atomic E-state index is 12.6. The van der Waals surface area contributed by atoms with E-state index < -0.39 is 0 Å². The van der Waals surface area contributed by atoms with Crippen molar-refractivity contribution in [3.05, 3.63) is 41.0 Å². The molecule has 2 aliphatic rings. The third kappa shape index (κ3) is 2.98. The topological polar surface area (TPSA) is 57.3 Å². The third-order valence-corrected chi connectivity index (χ3v) is 6.04. The van der Waals surface area contributed by atoms with Gasteiger partial charge in [-0.25, -0.2) is 0 Å². The lowest BCUT2D eigenvalue weighted by molar-refractivity contribution is -0.128. The molecule has 2 fully saturated rings. The highest BCUT2D eigenvalue weighted by Gasteiger charge is 2.42. The number of piperidine rings is 1. The second-order valence-electron chi connectivity index (χ2n) is 7.76. The van der Waals surface area contributed by atoms with Crippen molar-refractivity contribution in [1.82, 2.24) is 20.5 Å². The summed E-state index contributed by atoms with van der Waals surface area (Å²) in [7, 11) is 1.88. The zero-order valence-corrected chi connectivity index (χ0v) is 16.0. The van der Waals surface area contributed by atoms with E-state index in [-0.39, 0.29) is 17.5 Å². The van der Waals surface area contributed by atoms with Crippen molar-refractivity contribution in [2.75, 3.05) is 26.7 Å². The largest absolute Gasteiger partial charge is 0.344 e. The Kier molecular flexibility index (Phi) is 4.63. The van der Waals surface area contributed by atoms with Crippen LogP contribution in [0, 0.1) is 5.92 Å². The Bertz CT molecular complexity index is 842. The number of likely N-dealkylation sites (N-methyl/N-ethyl adjacent to an activating group) is 1. The summed E-state index contributed by atoms with van der Waals surface area (Å²) in [6.07, 6.45) is 3.59. The molecular formula is C20H25ClN4O. The van der Waals surface area contributed by atoms with Gasteiger partial charge in [-0.05, 0) is 43.0 Å². The first kappa shape index (κ1) is 17.7. The minimum atomic E-state index is -0.310. The molecule has 5 nitrogen and oxygen atoms in total. The van der Waals surface area contributed by atoms with E-state index >= 15 is 0 Å². The molecule has 6 heteroatoms. The fourth-order valence-corrected chi connectivity index (χ4v) is 4.72. The molecule has 0 aliphatic carbocycles. The van der Waals surface area contributed by atoms with Crippen LogP contribution < -0.4 is 10.6 Å². The number of nitrogens with zero attached hydrogens (tertiary/aromatic N) is 2. The molecule has 138 valence electrons. The first-order valence-electron chi connectivity index (χ1n) is 9.27. The van der Waals surface area contributed by atoms with Crippen LogP contribution in [0.1, 0.15) is 25.3 Å². The molecule has 3 heterocycles. The van der Waals surface area contributed by atoms with Crippen LogP contribution in [0.3, 0.4) is 0 Å². The zero-order valence-electron chi connectivity index (χ0n) is 15.3. The minimum Gasteiger partial charge on any atom is -0.344 e. The predicted octanol–water partition coefficient (Wildman–Crippen LogP) is 2.53. The Morgan fingerprint density at radius 2 is 2.23 bits per heavy atom. The third-order valence-electron chi connectivity index (χ3n) is 5.73. The summed E-state index contributed by atoms with van der Waals surface area (Å²) in [5.74, 6) is 0.687. The van der Waals surface area contributed by atoms with Crippen molar-refractivity contribution < 1.29 is 4.79 Å². The van der Waals surface area contributed by atoms with E-state index in [9.17, 15) is 4.79 Å². The van der Waals surface area contributed by atoms with Crippen LogP contribution >= 0.6 is 11.6 Å². The quantitative estimate of drug-likeness (QED) is 0.869. The number of nitrogens with one attached hydrogen (secondary N) is 2. The number of aromatic nitrogens is 1. The van der Waals surface area contributed by atoms with E-state index in [0.717, 1.165) is 43.4 Å². The molecule has 0 radical (unpaired) electrons. The molecule has 0 bridgehead atoms. The lowest BCUT2D eigenvalue weighted by Crippen LogP contribution is -2.59. The number of benzene rings is 1. The Labute approximate surface area is 159 Å². The average Bonchev–Trinajstić information content (AvgIpc) is 2.94. The monoisotopic (exact) mass is 372 g/mol. The lowest BCUT2D eigenvalue weighted by Gasteiger charge is -2.43. The second-order valence-corrected chi connectivity index (χ2v) is 8.17. The predicted molar refractivity (Wildman–Crippen MR) is 104 cm³/mol. The Morgan fingerprint density at radius 3 is 2.96 bits per heavy atom. The summed E-state index contributed by atoms with van der Waals surface area (Å²) in [5, 5.41) is 9.03. The number of halogens is 1. The van der Waals surface area contributed by atoms with Crippen LogP contribution in [0.25, 0.3) is 10.9 Å². The number of hydrogen-bond acceptors (Lipinski definition) is 4. The van der Waals surface area contributed by atoms with Crippen molar-refractivity contribution in [3.8, 4) is 0 Å². The summed E-state index contributed by atoms with van der Waals surface area (Å²) in [6.45, 7) is 4.84. The van der Waals surface area contributed by atoms with Gasteiger partial charge in [0.05, 0.1) is 22.1 Å². The number of likely N-dealkylation sites (tertiary alicyclic amines) is 1. The van der Waals surface area contributed by atoms with Crippen molar-refractivity contribution in [1.29, 1.82) is 0 Å². The molecule has 2 saturated heterocycles. The van der Waals surface area contributed by atoms with Gasteiger partial charge in [-0.15, -0.1) is 0 Å². The highest BCUT2D eigenvalue weighted by molar-refractivity contribution is 6.35. The fraction of sp³-hybridized carbons (Fsp3) is 0.500. The van der Waals surface area contributed by atoms with Gasteiger partial charge in [0.15, 0.2) is 0 Å². The van der Waals surface area contributed by atoms with E-state index in [4.69, 9.17) is 11.6 Å². The van der Waals surface area contributed by atoms with Gasteiger partial charge in [-0.2, -0.15) is 0 Å². The van der Waals surface area contributed by atoms with Crippen LogP contribution in [0.4, 0.5) is 0 Å². The van der Waals surface area contributed by atoms with Crippen LogP contribution in [0.5, 0.6) is 0 Å². The summed E-state index contributed by atoms with van der Waals surface area (Å²) in [4.78, 5) is 18.9. The Morgan fingerprint density at radius 1 is 1.38 bits per heavy atom. The number of fused-ring (bicyclic) bond motifs is 1. The maximum Gasteiger partial charge on any atom is 0.239 e. The highest BCUT2D eigenvalue weighted by Crippen LogP contribution is 2.38. The molecule has 4 rings (SSSR count). The maximum atomic E-state index is 12.6. The molecule has 1 aromatic heterocycles. The standard InChI is InChI=1S/C20H25ClN4O/c1-13-10-20(12-22-11-13,24-17-7-9-25(2)19(17)26)15-5-6-16(21)18-14(15)4-3-8-23-18/h3-6,8,13,17,22,24H,7,9-12H2,1-2H3/t13-,17-,20-/m0/s1. The van der Waals surface area contributed by atoms with Gasteiger partial charge in [0.25, 0.3) is 0 Å². The summed E-state index contributed by atoms with van der Waals surface area (Å²) >= 11 is 6.40. The molecule has 2 N–H and O–H groups in total. The molecule has 3 atom stereocenters.